The quantitative estimate of drug-likeness (QED) is 0.651. The van der Waals surface area contributed by atoms with Crippen molar-refractivity contribution in [2.24, 2.45) is 7.05 Å². The minimum absolute atomic E-state index is 0.0256. The molecular weight excluding hydrogens is 248 g/mol. The van der Waals surface area contributed by atoms with Crippen LogP contribution in [0, 0.1) is 21.4 Å². The Morgan fingerprint density at radius 2 is 2.32 bits per heavy atom. The van der Waals surface area contributed by atoms with Crippen LogP contribution in [0.4, 0.5) is 11.5 Å². The molecule has 2 aromatic rings. The molecule has 0 aliphatic heterocycles. The molecule has 0 saturated heterocycles. The number of rotatable bonds is 4. The number of nitrogens with zero attached hydrogens (tertiary/aromatic N) is 5. The predicted octanol–water partition coefficient (Wildman–Crippen LogP) is 1.21. The highest BCUT2D eigenvalue weighted by atomic mass is 16.6. The van der Waals surface area contributed by atoms with Gasteiger partial charge in [-0.15, -0.1) is 0 Å². The van der Waals surface area contributed by atoms with Crippen molar-refractivity contribution in [3.8, 4) is 6.07 Å². The van der Waals surface area contributed by atoms with E-state index >= 15 is 0 Å². The molecule has 0 aliphatic carbocycles. The Labute approximate surface area is 108 Å². The number of aromatic nitrogens is 3. The Balaban J connectivity index is 2.28. The second kappa shape index (κ2) is 5.14. The van der Waals surface area contributed by atoms with E-state index in [9.17, 15) is 10.1 Å². The zero-order valence-corrected chi connectivity index (χ0v) is 10.1. The average molecular weight is 258 g/mol. The van der Waals surface area contributed by atoms with Crippen LogP contribution in [-0.4, -0.2) is 19.5 Å². The maximum atomic E-state index is 11.0. The summed E-state index contributed by atoms with van der Waals surface area (Å²) in [4.78, 5) is 18.3. The van der Waals surface area contributed by atoms with Crippen molar-refractivity contribution in [2.45, 2.75) is 6.54 Å². The van der Waals surface area contributed by atoms with Crippen molar-refractivity contribution in [2.75, 3.05) is 5.32 Å². The number of nitriles is 1. The number of anilines is 1. The third-order valence-corrected chi connectivity index (χ3v) is 2.56. The number of imidazole rings is 1. The number of pyridine rings is 1. The summed E-state index contributed by atoms with van der Waals surface area (Å²) in [6.07, 6.45) is 4.75. The molecule has 0 amide bonds. The van der Waals surface area contributed by atoms with E-state index in [1.165, 1.54) is 12.3 Å². The first kappa shape index (κ1) is 12.5. The van der Waals surface area contributed by atoms with Crippen LogP contribution in [0.15, 0.2) is 24.7 Å². The first-order valence-corrected chi connectivity index (χ1v) is 5.37. The molecule has 0 bridgehead atoms. The summed E-state index contributed by atoms with van der Waals surface area (Å²) in [6, 6.07) is 3.09. The number of nitrogens with one attached hydrogen (secondary N) is 1. The Bertz CT molecular complexity index is 657. The predicted molar refractivity (Wildman–Crippen MR) is 66.1 cm³/mol. The zero-order chi connectivity index (χ0) is 13.8. The van der Waals surface area contributed by atoms with E-state index < -0.39 is 4.92 Å². The van der Waals surface area contributed by atoms with Gasteiger partial charge in [-0.2, -0.15) is 5.26 Å². The molecule has 0 radical (unpaired) electrons. The largest absolute Gasteiger partial charge is 0.357 e. The lowest BCUT2D eigenvalue weighted by Gasteiger charge is -2.06. The van der Waals surface area contributed by atoms with Gasteiger partial charge in [0.05, 0.1) is 11.5 Å². The van der Waals surface area contributed by atoms with Crippen molar-refractivity contribution < 1.29 is 4.92 Å². The first-order chi connectivity index (χ1) is 9.13. The third-order valence-electron chi connectivity index (χ3n) is 2.56. The summed E-state index contributed by atoms with van der Waals surface area (Å²) in [5.74, 6) is 0.769. The Hall–Kier alpha value is -2.95. The molecule has 0 aromatic carbocycles. The molecule has 0 saturated carbocycles. The summed E-state index contributed by atoms with van der Waals surface area (Å²) in [7, 11) is 1.82. The van der Waals surface area contributed by atoms with E-state index in [4.69, 9.17) is 5.26 Å². The van der Waals surface area contributed by atoms with Gasteiger partial charge in [0.2, 0.25) is 5.82 Å². The summed E-state index contributed by atoms with van der Waals surface area (Å²) in [5.41, 5.74) is -0.346. The van der Waals surface area contributed by atoms with Crippen LogP contribution in [0.5, 0.6) is 0 Å². The van der Waals surface area contributed by atoms with Crippen molar-refractivity contribution >= 4 is 11.5 Å². The highest BCUT2D eigenvalue weighted by Gasteiger charge is 2.21. The summed E-state index contributed by atoms with van der Waals surface area (Å²) < 4.78 is 1.78. The fraction of sp³-hybridized carbons (Fsp3) is 0.182. The molecule has 0 atom stereocenters. The van der Waals surface area contributed by atoms with E-state index in [-0.39, 0.29) is 23.6 Å². The molecule has 0 aliphatic rings. The van der Waals surface area contributed by atoms with Gasteiger partial charge in [0.25, 0.3) is 0 Å². The average Bonchev–Trinajstić information content (AvgIpc) is 2.81. The highest BCUT2D eigenvalue weighted by molar-refractivity contribution is 5.63. The maximum Gasteiger partial charge on any atom is 0.328 e. The lowest BCUT2D eigenvalue weighted by atomic mass is 10.2. The molecule has 19 heavy (non-hydrogen) atoms. The van der Waals surface area contributed by atoms with Crippen molar-refractivity contribution in [1.82, 2.24) is 14.5 Å². The fourth-order valence-electron chi connectivity index (χ4n) is 1.59. The van der Waals surface area contributed by atoms with Crippen molar-refractivity contribution in [3.63, 3.8) is 0 Å². The Morgan fingerprint density at radius 1 is 1.53 bits per heavy atom. The molecule has 1 N–H and O–H groups in total. The third kappa shape index (κ3) is 2.50. The highest BCUT2D eigenvalue weighted by Crippen LogP contribution is 2.25. The molecular formula is C11H10N6O2. The van der Waals surface area contributed by atoms with Crippen LogP contribution in [0.1, 0.15) is 11.4 Å². The number of aryl methyl sites for hydroxylation is 1. The monoisotopic (exact) mass is 258 g/mol. The molecule has 96 valence electrons. The second-order valence-electron chi connectivity index (χ2n) is 3.73. The topological polar surface area (TPSA) is 110 Å². The van der Waals surface area contributed by atoms with E-state index in [2.05, 4.69) is 15.3 Å². The summed E-state index contributed by atoms with van der Waals surface area (Å²) in [5, 5.41) is 22.7. The normalized spacial score (nSPS) is 9.89. The van der Waals surface area contributed by atoms with Gasteiger partial charge in [-0.25, -0.2) is 9.97 Å². The van der Waals surface area contributed by atoms with Gasteiger partial charge in [-0.1, -0.05) is 0 Å². The van der Waals surface area contributed by atoms with E-state index in [1.54, 1.807) is 23.0 Å². The Kier molecular flexibility index (Phi) is 3.38. The molecule has 0 fully saturated rings. The minimum Gasteiger partial charge on any atom is -0.357 e. The Morgan fingerprint density at radius 3 is 2.89 bits per heavy atom. The van der Waals surface area contributed by atoms with Crippen LogP contribution >= 0.6 is 0 Å². The van der Waals surface area contributed by atoms with Gasteiger partial charge in [0.15, 0.2) is 0 Å². The van der Waals surface area contributed by atoms with Gasteiger partial charge < -0.3 is 9.88 Å². The van der Waals surface area contributed by atoms with Crippen molar-refractivity contribution in [3.05, 3.63) is 46.2 Å². The molecule has 8 heteroatoms. The smallest absolute Gasteiger partial charge is 0.328 e. The van der Waals surface area contributed by atoms with Gasteiger partial charge in [0.1, 0.15) is 17.5 Å². The van der Waals surface area contributed by atoms with Crippen molar-refractivity contribution in [1.29, 1.82) is 5.26 Å². The molecule has 0 spiro atoms. The van der Waals surface area contributed by atoms with Crippen LogP contribution in [0.3, 0.4) is 0 Å². The zero-order valence-electron chi connectivity index (χ0n) is 10.1. The second-order valence-corrected chi connectivity index (χ2v) is 3.73. The lowest BCUT2D eigenvalue weighted by molar-refractivity contribution is -0.384. The molecule has 2 aromatic heterocycles. The SMILES string of the molecule is Cn1ccnc1CNc1nccc(C#N)c1[N+](=O)[O-]. The summed E-state index contributed by atoms with van der Waals surface area (Å²) >= 11 is 0. The standard InChI is InChI=1S/C11H10N6O2/c1-16-5-4-13-9(16)7-15-11-10(17(18)19)8(6-12)2-3-14-11/h2-5H,7H2,1H3,(H,14,15). The van der Waals surface area contributed by atoms with Gasteiger partial charge in [-0.05, 0) is 6.07 Å². The van der Waals surface area contributed by atoms with Gasteiger partial charge >= 0.3 is 5.69 Å². The first-order valence-electron chi connectivity index (χ1n) is 5.37. The summed E-state index contributed by atoms with van der Waals surface area (Å²) in [6.45, 7) is 0.284. The van der Waals surface area contributed by atoms with Crippen LogP contribution in [0.25, 0.3) is 0 Å². The van der Waals surface area contributed by atoms with Gasteiger partial charge in [-0.3, -0.25) is 10.1 Å². The minimum atomic E-state index is -0.619. The molecule has 2 heterocycles. The number of hydrogen-bond donors (Lipinski definition) is 1. The fourth-order valence-corrected chi connectivity index (χ4v) is 1.59. The molecule has 2 rings (SSSR count). The molecule has 8 nitrogen and oxygen atoms in total. The number of nitro groups is 1. The number of hydrogen-bond acceptors (Lipinski definition) is 6. The van der Waals surface area contributed by atoms with Crippen LogP contribution in [0.2, 0.25) is 0 Å². The van der Waals surface area contributed by atoms with Gasteiger partial charge in [0, 0.05) is 25.6 Å². The van der Waals surface area contributed by atoms with E-state index in [0.29, 0.717) is 5.82 Å². The lowest BCUT2D eigenvalue weighted by Crippen LogP contribution is -2.09. The maximum absolute atomic E-state index is 11.0. The molecule has 0 unspecified atom stereocenters. The van der Waals surface area contributed by atoms with Crippen LogP contribution in [-0.2, 0) is 13.6 Å². The van der Waals surface area contributed by atoms with E-state index in [0.717, 1.165) is 0 Å². The van der Waals surface area contributed by atoms with E-state index in [1.807, 2.05) is 7.05 Å². The van der Waals surface area contributed by atoms with Crippen LogP contribution < -0.4 is 5.32 Å².